The van der Waals surface area contributed by atoms with Crippen LogP contribution in [0.5, 0.6) is 0 Å². The number of fused-ring (bicyclic) bond motifs is 1. The molecule has 0 spiro atoms. The van der Waals surface area contributed by atoms with Crippen LogP contribution in [0.15, 0.2) is 18.2 Å². The van der Waals surface area contributed by atoms with Crippen molar-refractivity contribution in [2.75, 3.05) is 38.7 Å². The van der Waals surface area contributed by atoms with Crippen LogP contribution in [0.25, 0.3) is 0 Å². The summed E-state index contributed by atoms with van der Waals surface area (Å²) in [6, 6.07) is 5.87. The predicted octanol–water partition coefficient (Wildman–Crippen LogP) is 1.95. The normalized spacial score (nSPS) is 14.5. The van der Waals surface area contributed by atoms with Gasteiger partial charge in [-0.15, -0.1) is 0 Å². The molecule has 0 radical (unpaired) electrons. The van der Waals surface area contributed by atoms with Gasteiger partial charge >= 0.3 is 5.97 Å². The van der Waals surface area contributed by atoms with Crippen LogP contribution in [0.2, 0.25) is 0 Å². The molecule has 1 heterocycles. The molecule has 1 atom stereocenters. The molecule has 5 nitrogen and oxygen atoms in total. The highest BCUT2D eigenvalue weighted by molar-refractivity contribution is 5.95. The zero-order valence-electron chi connectivity index (χ0n) is 13.8. The number of hydrogen-bond donors (Lipinski definition) is 0. The molecule has 0 saturated heterocycles. The second-order valence-corrected chi connectivity index (χ2v) is 5.78. The van der Waals surface area contributed by atoms with Crippen LogP contribution in [0.1, 0.15) is 29.8 Å². The number of hydrogen-bond acceptors (Lipinski definition) is 4. The molecule has 1 amide bonds. The van der Waals surface area contributed by atoms with E-state index in [-0.39, 0.29) is 17.8 Å². The van der Waals surface area contributed by atoms with E-state index in [0.717, 1.165) is 18.7 Å². The molecule has 22 heavy (non-hydrogen) atoms. The minimum atomic E-state index is -0.328. The molecule has 0 aliphatic carbocycles. The molecular formula is C17H24N2O3. The van der Waals surface area contributed by atoms with Crippen molar-refractivity contribution in [3.05, 3.63) is 29.3 Å². The van der Waals surface area contributed by atoms with Gasteiger partial charge < -0.3 is 14.5 Å². The van der Waals surface area contributed by atoms with E-state index >= 15 is 0 Å². The molecule has 120 valence electrons. The van der Waals surface area contributed by atoms with Crippen LogP contribution in [-0.4, -0.2) is 50.6 Å². The quantitative estimate of drug-likeness (QED) is 0.780. The van der Waals surface area contributed by atoms with Crippen molar-refractivity contribution in [3.63, 3.8) is 0 Å². The van der Waals surface area contributed by atoms with Crippen molar-refractivity contribution in [1.29, 1.82) is 0 Å². The average Bonchev–Trinajstić information content (AvgIpc) is 2.91. The van der Waals surface area contributed by atoms with Gasteiger partial charge in [-0.1, -0.05) is 13.0 Å². The Kier molecular flexibility index (Phi) is 5.06. The lowest BCUT2D eigenvalue weighted by Gasteiger charge is -2.24. The van der Waals surface area contributed by atoms with Gasteiger partial charge in [0, 0.05) is 37.9 Å². The molecular weight excluding hydrogens is 280 g/mol. The van der Waals surface area contributed by atoms with Crippen LogP contribution in [-0.2, 0) is 16.0 Å². The molecule has 1 aliphatic heterocycles. The van der Waals surface area contributed by atoms with Crippen molar-refractivity contribution < 1.29 is 14.3 Å². The van der Waals surface area contributed by atoms with Crippen LogP contribution in [0, 0.1) is 5.92 Å². The van der Waals surface area contributed by atoms with Crippen molar-refractivity contribution in [2.45, 2.75) is 20.3 Å². The molecule has 0 bridgehead atoms. The lowest BCUT2D eigenvalue weighted by atomic mass is 10.1. The van der Waals surface area contributed by atoms with E-state index < -0.39 is 0 Å². The number of amides is 1. The molecule has 1 aliphatic rings. The average molecular weight is 304 g/mol. The third-order valence-electron chi connectivity index (χ3n) is 4.23. The van der Waals surface area contributed by atoms with E-state index in [1.165, 1.54) is 12.7 Å². The molecule has 1 aromatic rings. The van der Waals surface area contributed by atoms with Gasteiger partial charge in [0.15, 0.2) is 0 Å². The zero-order valence-corrected chi connectivity index (χ0v) is 13.8. The van der Waals surface area contributed by atoms with Crippen LogP contribution in [0.4, 0.5) is 5.69 Å². The van der Waals surface area contributed by atoms with E-state index in [1.807, 2.05) is 32.2 Å². The van der Waals surface area contributed by atoms with E-state index in [0.29, 0.717) is 18.7 Å². The van der Waals surface area contributed by atoms with Gasteiger partial charge in [0.1, 0.15) is 0 Å². The van der Waals surface area contributed by atoms with Crippen LogP contribution < -0.4 is 4.90 Å². The first kappa shape index (κ1) is 16.3. The van der Waals surface area contributed by atoms with Gasteiger partial charge in [-0.25, -0.2) is 0 Å². The fourth-order valence-corrected chi connectivity index (χ4v) is 2.82. The standard InChI is InChI=1S/C17H24N2O3/c1-5-19(11-12(2)17(21)22-4)16(20)14-7-6-13-8-9-18(3)15(13)10-14/h6-7,10,12H,5,8-9,11H2,1-4H3/t12-/m1/s1. The summed E-state index contributed by atoms with van der Waals surface area (Å²) < 4.78 is 4.73. The summed E-state index contributed by atoms with van der Waals surface area (Å²) >= 11 is 0. The molecule has 0 fully saturated rings. The molecule has 2 rings (SSSR count). The Bertz CT molecular complexity index is 571. The lowest BCUT2D eigenvalue weighted by Crippen LogP contribution is -2.37. The lowest BCUT2D eigenvalue weighted by molar-refractivity contribution is -0.145. The number of methoxy groups -OCH3 is 1. The minimum absolute atomic E-state index is 0.0404. The Balaban J connectivity index is 2.15. The number of likely N-dealkylation sites (N-methyl/N-ethyl adjacent to an activating group) is 1. The van der Waals surface area contributed by atoms with Crippen molar-refractivity contribution in [2.24, 2.45) is 5.92 Å². The monoisotopic (exact) mass is 304 g/mol. The number of rotatable bonds is 5. The first-order valence-corrected chi connectivity index (χ1v) is 7.69. The maximum Gasteiger partial charge on any atom is 0.310 e. The van der Waals surface area contributed by atoms with E-state index in [1.54, 1.807) is 11.8 Å². The van der Waals surface area contributed by atoms with E-state index in [9.17, 15) is 9.59 Å². The Morgan fingerprint density at radius 3 is 2.77 bits per heavy atom. The fraction of sp³-hybridized carbons (Fsp3) is 0.529. The Morgan fingerprint density at radius 2 is 2.14 bits per heavy atom. The van der Waals surface area contributed by atoms with Gasteiger partial charge in [-0.05, 0) is 31.0 Å². The second kappa shape index (κ2) is 6.81. The number of anilines is 1. The predicted molar refractivity (Wildman–Crippen MR) is 86.2 cm³/mol. The third kappa shape index (κ3) is 3.24. The van der Waals surface area contributed by atoms with Crippen molar-refractivity contribution >= 4 is 17.6 Å². The molecule has 0 saturated carbocycles. The molecule has 1 aromatic carbocycles. The van der Waals surface area contributed by atoms with Gasteiger partial charge in [-0.3, -0.25) is 9.59 Å². The highest BCUT2D eigenvalue weighted by atomic mass is 16.5. The summed E-state index contributed by atoms with van der Waals surface area (Å²) in [4.78, 5) is 28.1. The van der Waals surface area contributed by atoms with Crippen molar-refractivity contribution in [1.82, 2.24) is 4.90 Å². The Morgan fingerprint density at radius 1 is 1.41 bits per heavy atom. The molecule has 5 heteroatoms. The summed E-state index contributed by atoms with van der Waals surface area (Å²) in [6.45, 7) is 5.62. The summed E-state index contributed by atoms with van der Waals surface area (Å²) in [6.07, 6.45) is 1.02. The number of carbonyl (C=O) groups is 2. The number of benzene rings is 1. The maximum atomic E-state index is 12.7. The highest BCUT2D eigenvalue weighted by Gasteiger charge is 2.23. The first-order valence-electron chi connectivity index (χ1n) is 7.69. The SMILES string of the molecule is CCN(C[C@@H](C)C(=O)OC)C(=O)c1ccc2c(c1)N(C)CC2. The number of ether oxygens (including phenoxy) is 1. The minimum Gasteiger partial charge on any atom is -0.469 e. The van der Waals surface area contributed by atoms with Gasteiger partial charge in [-0.2, -0.15) is 0 Å². The number of nitrogens with zero attached hydrogens (tertiary/aromatic N) is 2. The molecule has 0 N–H and O–H groups in total. The Hall–Kier alpha value is -2.04. The second-order valence-electron chi connectivity index (χ2n) is 5.78. The fourth-order valence-electron chi connectivity index (χ4n) is 2.82. The zero-order chi connectivity index (χ0) is 16.3. The Labute approximate surface area is 131 Å². The first-order chi connectivity index (χ1) is 10.5. The maximum absolute atomic E-state index is 12.7. The van der Waals surface area contributed by atoms with Gasteiger partial charge in [0.05, 0.1) is 13.0 Å². The highest BCUT2D eigenvalue weighted by Crippen LogP contribution is 2.28. The molecule has 0 unspecified atom stereocenters. The third-order valence-corrected chi connectivity index (χ3v) is 4.23. The largest absolute Gasteiger partial charge is 0.469 e. The van der Waals surface area contributed by atoms with E-state index in [4.69, 9.17) is 4.74 Å². The van der Waals surface area contributed by atoms with Gasteiger partial charge in [0.25, 0.3) is 5.91 Å². The summed E-state index contributed by atoms with van der Waals surface area (Å²) in [5.74, 6) is -0.660. The van der Waals surface area contributed by atoms with E-state index in [2.05, 4.69) is 4.90 Å². The summed E-state index contributed by atoms with van der Waals surface area (Å²) in [5.41, 5.74) is 3.08. The smallest absolute Gasteiger partial charge is 0.310 e. The summed E-state index contributed by atoms with van der Waals surface area (Å²) in [7, 11) is 3.41. The van der Waals surface area contributed by atoms with Crippen LogP contribution in [0.3, 0.4) is 0 Å². The topological polar surface area (TPSA) is 49.9 Å². The number of carbonyl (C=O) groups excluding carboxylic acids is 2. The van der Waals surface area contributed by atoms with Crippen LogP contribution >= 0.6 is 0 Å². The van der Waals surface area contributed by atoms with Crippen molar-refractivity contribution in [3.8, 4) is 0 Å². The summed E-state index contributed by atoms with van der Waals surface area (Å²) in [5, 5.41) is 0. The number of esters is 1. The molecule has 0 aromatic heterocycles. The van der Waals surface area contributed by atoms with Gasteiger partial charge in [0.2, 0.25) is 0 Å².